The monoisotopic (exact) mass is 204 g/mol. The first kappa shape index (κ1) is 10.1. The quantitative estimate of drug-likeness (QED) is 0.785. The second kappa shape index (κ2) is 3.62. The predicted molar refractivity (Wildman–Crippen MR) is 60.5 cm³/mol. The lowest BCUT2D eigenvalue weighted by Crippen LogP contribution is -2.35. The molecule has 2 aromatic rings. The number of rotatable bonds is 2. The van der Waals surface area contributed by atoms with Crippen LogP contribution in [0.3, 0.4) is 0 Å². The van der Waals surface area contributed by atoms with E-state index in [4.69, 9.17) is 0 Å². The minimum atomic E-state index is 0.138. The molecule has 0 saturated carbocycles. The highest BCUT2D eigenvalue weighted by Gasteiger charge is 2.08. The summed E-state index contributed by atoms with van der Waals surface area (Å²) < 4.78 is 0. The zero-order valence-corrected chi connectivity index (χ0v) is 9.33. The summed E-state index contributed by atoms with van der Waals surface area (Å²) in [4.78, 5) is 0. The van der Waals surface area contributed by atoms with E-state index in [1.54, 1.807) is 0 Å². The molecule has 1 aromatic heterocycles. The van der Waals surface area contributed by atoms with Crippen molar-refractivity contribution in [3.63, 3.8) is 0 Å². The van der Waals surface area contributed by atoms with Crippen molar-refractivity contribution in [3.05, 3.63) is 23.8 Å². The molecule has 4 heteroatoms. The van der Waals surface area contributed by atoms with Crippen molar-refractivity contribution in [1.82, 2.24) is 20.7 Å². The summed E-state index contributed by atoms with van der Waals surface area (Å²) in [5.41, 5.74) is 3.20. The molecule has 0 aliphatic carbocycles. The van der Waals surface area contributed by atoms with Crippen LogP contribution in [-0.4, -0.2) is 20.9 Å². The summed E-state index contributed by atoms with van der Waals surface area (Å²) in [7, 11) is 0. The second-order valence-electron chi connectivity index (χ2n) is 4.75. The van der Waals surface area contributed by atoms with E-state index in [0.717, 1.165) is 17.6 Å². The number of benzene rings is 1. The average molecular weight is 204 g/mol. The number of nitrogens with one attached hydrogen (secondary N) is 2. The Bertz CT molecular complexity index is 453. The minimum Gasteiger partial charge on any atom is -0.308 e. The summed E-state index contributed by atoms with van der Waals surface area (Å²) >= 11 is 0. The van der Waals surface area contributed by atoms with Gasteiger partial charge >= 0.3 is 0 Å². The van der Waals surface area contributed by atoms with Crippen LogP contribution in [0.1, 0.15) is 26.3 Å². The molecule has 1 heterocycles. The van der Waals surface area contributed by atoms with E-state index in [1.165, 1.54) is 5.56 Å². The summed E-state index contributed by atoms with van der Waals surface area (Å²) in [6.45, 7) is 7.32. The molecule has 2 rings (SSSR count). The maximum absolute atomic E-state index is 4.06. The van der Waals surface area contributed by atoms with Crippen LogP contribution in [-0.2, 0) is 6.54 Å². The van der Waals surface area contributed by atoms with Crippen molar-refractivity contribution in [2.24, 2.45) is 0 Å². The molecule has 1 aromatic carbocycles. The topological polar surface area (TPSA) is 53.6 Å². The fraction of sp³-hybridized carbons (Fsp3) is 0.455. The van der Waals surface area contributed by atoms with Gasteiger partial charge in [0.1, 0.15) is 11.0 Å². The number of nitrogens with zero attached hydrogens (tertiary/aromatic N) is 2. The summed E-state index contributed by atoms with van der Waals surface area (Å²) in [6, 6.07) is 6.11. The van der Waals surface area contributed by atoms with Crippen LogP contribution >= 0.6 is 0 Å². The molecule has 0 radical (unpaired) electrons. The third-order valence-electron chi connectivity index (χ3n) is 2.20. The first-order chi connectivity index (χ1) is 7.04. The summed E-state index contributed by atoms with van der Waals surface area (Å²) in [5.74, 6) is 0. The standard InChI is InChI=1S/C11H16N4/c1-11(2,3)12-7-8-4-5-9-10(6-8)14-15-13-9/h4-6,12H,7H2,1-3H3,(H,13,14,15). The lowest BCUT2D eigenvalue weighted by atomic mass is 10.1. The summed E-state index contributed by atoms with van der Waals surface area (Å²) in [6.07, 6.45) is 0. The molecule has 15 heavy (non-hydrogen) atoms. The minimum absolute atomic E-state index is 0.138. The van der Waals surface area contributed by atoms with E-state index in [9.17, 15) is 0 Å². The van der Waals surface area contributed by atoms with Crippen LogP contribution in [0, 0.1) is 0 Å². The Morgan fingerprint density at radius 3 is 2.67 bits per heavy atom. The first-order valence-electron chi connectivity index (χ1n) is 5.09. The largest absolute Gasteiger partial charge is 0.308 e. The molecular weight excluding hydrogens is 188 g/mol. The van der Waals surface area contributed by atoms with Crippen molar-refractivity contribution in [2.75, 3.05) is 0 Å². The lowest BCUT2D eigenvalue weighted by molar-refractivity contribution is 0.424. The van der Waals surface area contributed by atoms with E-state index in [2.05, 4.69) is 53.6 Å². The number of hydrogen-bond acceptors (Lipinski definition) is 3. The molecule has 0 aliphatic rings. The van der Waals surface area contributed by atoms with E-state index in [1.807, 2.05) is 6.07 Å². The fourth-order valence-corrected chi connectivity index (χ4v) is 1.36. The van der Waals surface area contributed by atoms with Crippen LogP contribution in [0.4, 0.5) is 0 Å². The first-order valence-corrected chi connectivity index (χ1v) is 5.09. The van der Waals surface area contributed by atoms with Gasteiger partial charge in [0.15, 0.2) is 0 Å². The number of hydrogen-bond donors (Lipinski definition) is 2. The van der Waals surface area contributed by atoms with Gasteiger partial charge in [0.2, 0.25) is 0 Å². The van der Waals surface area contributed by atoms with Crippen molar-refractivity contribution in [1.29, 1.82) is 0 Å². The van der Waals surface area contributed by atoms with E-state index < -0.39 is 0 Å². The average Bonchev–Trinajstić information content (AvgIpc) is 2.60. The van der Waals surface area contributed by atoms with Gasteiger partial charge in [0, 0.05) is 12.1 Å². The second-order valence-corrected chi connectivity index (χ2v) is 4.75. The highest BCUT2D eigenvalue weighted by Crippen LogP contribution is 2.11. The number of H-pyrrole nitrogens is 1. The van der Waals surface area contributed by atoms with Crippen molar-refractivity contribution >= 4 is 11.0 Å². The highest BCUT2D eigenvalue weighted by atomic mass is 15.3. The van der Waals surface area contributed by atoms with Crippen LogP contribution in [0.25, 0.3) is 11.0 Å². The van der Waals surface area contributed by atoms with Crippen LogP contribution < -0.4 is 5.32 Å². The zero-order chi connectivity index (χ0) is 10.9. The molecule has 0 spiro atoms. The molecule has 80 valence electrons. The van der Waals surface area contributed by atoms with Gasteiger partial charge < -0.3 is 5.32 Å². The molecule has 0 amide bonds. The van der Waals surface area contributed by atoms with Gasteiger partial charge in [-0.3, -0.25) is 0 Å². The van der Waals surface area contributed by atoms with Gasteiger partial charge in [-0.15, -0.1) is 0 Å². The van der Waals surface area contributed by atoms with Crippen molar-refractivity contribution in [3.8, 4) is 0 Å². The van der Waals surface area contributed by atoms with Crippen LogP contribution in [0.2, 0.25) is 0 Å². The summed E-state index contributed by atoms with van der Waals surface area (Å²) in [5, 5.41) is 14.1. The Kier molecular flexibility index (Phi) is 2.44. The third kappa shape index (κ3) is 2.53. The van der Waals surface area contributed by atoms with Gasteiger partial charge in [-0.25, -0.2) is 0 Å². The predicted octanol–water partition coefficient (Wildman–Crippen LogP) is 1.85. The van der Waals surface area contributed by atoms with Gasteiger partial charge in [0.05, 0.1) is 0 Å². The molecule has 0 bridgehead atoms. The molecular formula is C11H16N4. The Morgan fingerprint density at radius 2 is 1.93 bits per heavy atom. The van der Waals surface area contributed by atoms with Gasteiger partial charge in [0.25, 0.3) is 0 Å². The SMILES string of the molecule is CC(C)(C)NCc1ccc2n[nH]nc2c1. The Hall–Kier alpha value is -1.42. The molecule has 0 atom stereocenters. The number of aromatic nitrogens is 3. The van der Waals surface area contributed by atoms with E-state index in [-0.39, 0.29) is 5.54 Å². The smallest absolute Gasteiger partial charge is 0.113 e. The number of fused-ring (bicyclic) bond motifs is 1. The number of aromatic amines is 1. The van der Waals surface area contributed by atoms with Crippen molar-refractivity contribution < 1.29 is 0 Å². The molecule has 4 nitrogen and oxygen atoms in total. The van der Waals surface area contributed by atoms with Crippen molar-refractivity contribution in [2.45, 2.75) is 32.9 Å². The lowest BCUT2D eigenvalue weighted by Gasteiger charge is -2.20. The third-order valence-corrected chi connectivity index (χ3v) is 2.20. The van der Waals surface area contributed by atoms with Crippen LogP contribution in [0.5, 0.6) is 0 Å². The van der Waals surface area contributed by atoms with Gasteiger partial charge in [-0.05, 0) is 38.5 Å². The van der Waals surface area contributed by atoms with Crippen LogP contribution in [0.15, 0.2) is 18.2 Å². The Labute approximate surface area is 89.1 Å². The van der Waals surface area contributed by atoms with E-state index in [0.29, 0.717) is 0 Å². The highest BCUT2D eigenvalue weighted by molar-refractivity contribution is 5.74. The van der Waals surface area contributed by atoms with Gasteiger partial charge in [-0.2, -0.15) is 15.4 Å². The maximum atomic E-state index is 4.06. The molecule has 0 aliphatic heterocycles. The zero-order valence-electron chi connectivity index (χ0n) is 9.33. The normalized spacial score (nSPS) is 12.2. The Morgan fingerprint density at radius 1 is 1.20 bits per heavy atom. The molecule has 0 fully saturated rings. The maximum Gasteiger partial charge on any atom is 0.113 e. The molecule has 2 N–H and O–H groups in total. The molecule has 0 unspecified atom stereocenters. The fourth-order valence-electron chi connectivity index (χ4n) is 1.36. The molecule has 0 saturated heterocycles. The Balaban J connectivity index is 2.15. The van der Waals surface area contributed by atoms with Gasteiger partial charge in [-0.1, -0.05) is 6.07 Å². The van der Waals surface area contributed by atoms with E-state index >= 15 is 0 Å².